The van der Waals surface area contributed by atoms with Gasteiger partial charge in [0.1, 0.15) is 5.82 Å². The van der Waals surface area contributed by atoms with Gasteiger partial charge >= 0.3 is 0 Å². The molecule has 2 heterocycles. The van der Waals surface area contributed by atoms with Gasteiger partial charge < -0.3 is 10.5 Å². The van der Waals surface area contributed by atoms with E-state index in [-0.39, 0.29) is 0 Å². The van der Waals surface area contributed by atoms with Crippen molar-refractivity contribution in [1.82, 2.24) is 9.97 Å². The highest BCUT2D eigenvalue weighted by Crippen LogP contribution is 2.31. The number of nitrogens with two attached hydrogens (primary N) is 1. The molecule has 0 bridgehead atoms. The molecule has 3 aromatic rings. The number of benzene rings is 1. The van der Waals surface area contributed by atoms with E-state index in [0.29, 0.717) is 18.3 Å². The molecule has 3 rings (SSSR count). The number of ether oxygens (including phenoxy) is 1. The number of hydrogen-bond donors (Lipinski definition) is 1. The fourth-order valence-electron chi connectivity index (χ4n) is 2.52. The Morgan fingerprint density at radius 2 is 1.82 bits per heavy atom. The van der Waals surface area contributed by atoms with Gasteiger partial charge in [0.15, 0.2) is 0 Å². The summed E-state index contributed by atoms with van der Waals surface area (Å²) in [5, 5.41) is 1.06. The van der Waals surface area contributed by atoms with Crippen molar-refractivity contribution in [3.05, 3.63) is 48.2 Å². The Balaban J connectivity index is 2.19. The Bertz CT molecular complexity index is 815. The van der Waals surface area contributed by atoms with Gasteiger partial charge in [-0.15, -0.1) is 0 Å². The maximum absolute atomic E-state index is 6.15. The second kappa shape index (κ2) is 6.02. The summed E-state index contributed by atoms with van der Waals surface area (Å²) in [4.78, 5) is 9.07. The lowest BCUT2D eigenvalue weighted by Gasteiger charge is -2.10. The predicted molar refractivity (Wildman–Crippen MR) is 89.9 cm³/mol. The van der Waals surface area contributed by atoms with Crippen LogP contribution in [0.2, 0.25) is 0 Å². The lowest BCUT2D eigenvalue weighted by molar-refractivity contribution is 0.328. The van der Waals surface area contributed by atoms with Gasteiger partial charge in [0.05, 0.1) is 12.1 Å². The Hall–Kier alpha value is -2.62. The SMILES string of the molecule is CCOc1ccc2cccc(-c3ccc(CC)nc3N)c2n1. The molecule has 0 spiro atoms. The van der Waals surface area contributed by atoms with Gasteiger partial charge in [-0.05, 0) is 31.5 Å². The zero-order valence-corrected chi connectivity index (χ0v) is 12.8. The molecular formula is C18H19N3O. The zero-order chi connectivity index (χ0) is 15.5. The van der Waals surface area contributed by atoms with Crippen LogP contribution in [0.5, 0.6) is 5.88 Å². The van der Waals surface area contributed by atoms with Gasteiger partial charge in [-0.3, -0.25) is 0 Å². The Morgan fingerprint density at radius 3 is 2.55 bits per heavy atom. The molecule has 0 radical (unpaired) electrons. The van der Waals surface area contributed by atoms with E-state index in [2.05, 4.69) is 16.9 Å². The fourth-order valence-corrected chi connectivity index (χ4v) is 2.52. The molecular weight excluding hydrogens is 274 g/mol. The Kier molecular flexibility index (Phi) is 3.92. The number of pyridine rings is 2. The van der Waals surface area contributed by atoms with E-state index >= 15 is 0 Å². The van der Waals surface area contributed by atoms with Gasteiger partial charge in [-0.2, -0.15) is 0 Å². The number of fused-ring (bicyclic) bond motifs is 1. The van der Waals surface area contributed by atoms with Gasteiger partial charge in [-0.25, -0.2) is 9.97 Å². The minimum absolute atomic E-state index is 0.537. The molecule has 0 saturated heterocycles. The number of anilines is 1. The molecule has 4 heteroatoms. The summed E-state index contributed by atoms with van der Waals surface area (Å²) >= 11 is 0. The molecule has 0 aliphatic rings. The quantitative estimate of drug-likeness (QED) is 0.794. The number of rotatable bonds is 4. The maximum Gasteiger partial charge on any atom is 0.213 e. The first-order chi connectivity index (χ1) is 10.7. The van der Waals surface area contributed by atoms with E-state index in [1.54, 1.807) is 0 Å². The number of aryl methyl sites for hydroxylation is 1. The third kappa shape index (κ3) is 2.60. The molecule has 0 fully saturated rings. The highest BCUT2D eigenvalue weighted by atomic mass is 16.5. The highest BCUT2D eigenvalue weighted by Gasteiger charge is 2.10. The average molecular weight is 293 g/mol. The maximum atomic E-state index is 6.15. The summed E-state index contributed by atoms with van der Waals surface area (Å²) in [6.45, 7) is 4.61. The van der Waals surface area contributed by atoms with Crippen LogP contribution in [0.3, 0.4) is 0 Å². The third-order valence-corrected chi connectivity index (χ3v) is 3.62. The van der Waals surface area contributed by atoms with Crippen molar-refractivity contribution in [2.45, 2.75) is 20.3 Å². The molecule has 0 atom stereocenters. The van der Waals surface area contributed by atoms with Crippen LogP contribution in [-0.4, -0.2) is 16.6 Å². The van der Waals surface area contributed by atoms with Crippen LogP contribution in [0.25, 0.3) is 22.0 Å². The number of nitrogen functional groups attached to an aromatic ring is 1. The van der Waals surface area contributed by atoms with Crippen LogP contribution in [-0.2, 0) is 6.42 Å². The second-order valence-electron chi connectivity index (χ2n) is 5.05. The van der Waals surface area contributed by atoms with E-state index in [1.165, 1.54) is 0 Å². The van der Waals surface area contributed by atoms with Gasteiger partial charge in [0, 0.05) is 28.3 Å². The number of aromatic nitrogens is 2. The van der Waals surface area contributed by atoms with Crippen LogP contribution in [0.1, 0.15) is 19.5 Å². The summed E-state index contributed by atoms with van der Waals surface area (Å²) in [6, 6.07) is 14.0. The van der Waals surface area contributed by atoms with Crippen molar-refractivity contribution in [2.75, 3.05) is 12.3 Å². The largest absolute Gasteiger partial charge is 0.478 e. The first-order valence-electron chi connectivity index (χ1n) is 7.51. The number of hydrogen-bond acceptors (Lipinski definition) is 4. The number of nitrogens with zero attached hydrogens (tertiary/aromatic N) is 2. The zero-order valence-electron chi connectivity index (χ0n) is 12.8. The lowest BCUT2D eigenvalue weighted by atomic mass is 10.0. The van der Waals surface area contributed by atoms with Crippen LogP contribution < -0.4 is 10.5 Å². The van der Waals surface area contributed by atoms with E-state index in [4.69, 9.17) is 10.5 Å². The van der Waals surface area contributed by atoms with E-state index < -0.39 is 0 Å². The van der Waals surface area contributed by atoms with Crippen LogP contribution in [0.15, 0.2) is 42.5 Å². The van der Waals surface area contributed by atoms with Crippen molar-refractivity contribution in [1.29, 1.82) is 0 Å². The average Bonchev–Trinajstić information content (AvgIpc) is 2.54. The summed E-state index contributed by atoms with van der Waals surface area (Å²) < 4.78 is 5.51. The summed E-state index contributed by atoms with van der Waals surface area (Å²) in [5.41, 5.74) is 9.90. The van der Waals surface area contributed by atoms with E-state index in [1.807, 2.05) is 49.4 Å². The molecule has 2 aromatic heterocycles. The molecule has 0 aliphatic heterocycles. The first-order valence-corrected chi connectivity index (χ1v) is 7.51. The molecule has 0 amide bonds. The molecule has 4 nitrogen and oxygen atoms in total. The predicted octanol–water partition coefficient (Wildman–Crippen LogP) is 3.84. The standard InChI is InChI=1S/C18H19N3O/c1-3-13-9-10-15(18(19)20-13)14-7-5-6-12-8-11-16(22-4-2)21-17(12)14/h5-11H,3-4H2,1-2H3,(H2,19,20). The van der Waals surface area contributed by atoms with Crippen molar-refractivity contribution < 1.29 is 4.74 Å². The second-order valence-corrected chi connectivity index (χ2v) is 5.05. The van der Waals surface area contributed by atoms with Crippen molar-refractivity contribution in [3.63, 3.8) is 0 Å². The molecule has 2 N–H and O–H groups in total. The molecule has 112 valence electrons. The lowest BCUT2D eigenvalue weighted by Crippen LogP contribution is -1.99. The van der Waals surface area contributed by atoms with Crippen LogP contribution in [0.4, 0.5) is 5.82 Å². The van der Waals surface area contributed by atoms with Crippen molar-refractivity contribution in [2.24, 2.45) is 0 Å². The third-order valence-electron chi connectivity index (χ3n) is 3.62. The molecule has 0 aliphatic carbocycles. The Labute approximate surface area is 130 Å². The van der Waals surface area contributed by atoms with Gasteiger partial charge in [0.2, 0.25) is 5.88 Å². The molecule has 22 heavy (non-hydrogen) atoms. The molecule has 0 unspecified atom stereocenters. The van der Waals surface area contributed by atoms with Gasteiger partial charge in [0.25, 0.3) is 0 Å². The van der Waals surface area contributed by atoms with Crippen molar-refractivity contribution >= 4 is 16.7 Å². The fraction of sp³-hybridized carbons (Fsp3) is 0.222. The van der Waals surface area contributed by atoms with Crippen molar-refractivity contribution in [3.8, 4) is 17.0 Å². The summed E-state index contributed by atoms with van der Waals surface area (Å²) in [7, 11) is 0. The topological polar surface area (TPSA) is 61.0 Å². The van der Waals surface area contributed by atoms with E-state index in [9.17, 15) is 0 Å². The van der Waals surface area contributed by atoms with Crippen LogP contribution >= 0.6 is 0 Å². The van der Waals surface area contributed by atoms with Crippen LogP contribution in [0, 0.1) is 0 Å². The summed E-state index contributed by atoms with van der Waals surface area (Å²) in [6.07, 6.45) is 0.868. The Morgan fingerprint density at radius 1 is 0.955 bits per heavy atom. The monoisotopic (exact) mass is 293 g/mol. The van der Waals surface area contributed by atoms with E-state index in [0.717, 1.165) is 34.1 Å². The van der Waals surface area contributed by atoms with Gasteiger partial charge in [-0.1, -0.05) is 25.1 Å². The molecule has 1 aromatic carbocycles. The summed E-state index contributed by atoms with van der Waals surface area (Å²) in [5.74, 6) is 1.16. The minimum Gasteiger partial charge on any atom is -0.478 e. The highest BCUT2D eigenvalue weighted by molar-refractivity contribution is 5.96. The number of para-hydroxylation sites is 1. The molecule has 0 saturated carbocycles. The first kappa shape index (κ1) is 14.3. The minimum atomic E-state index is 0.537. The smallest absolute Gasteiger partial charge is 0.213 e. The normalized spacial score (nSPS) is 10.8.